The van der Waals surface area contributed by atoms with Crippen LogP contribution in [0.1, 0.15) is 18.4 Å². The molecule has 4 heteroatoms. The molecule has 2 N–H and O–H groups in total. The zero-order chi connectivity index (χ0) is 13.4. The monoisotopic (exact) mass is 256 g/mol. The smallest absolute Gasteiger partial charge is 0.336 e. The van der Waals surface area contributed by atoms with E-state index in [4.69, 9.17) is 4.42 Å². The van der Waals surface area contributed by atoms with Crippen molar-refractivity contribution >= 4 is 16.5 Å². The maximum absolute atomic E-state index is 11.6. The highest BCUT2D eigenvalue weighted by atomic mass is 16.4. The van der Waals surface area contributed by atoms with Gasteiger partial charge in [-0.15, -0.1) is 0 Å². The molecule has 96 valence electrons. The SMILES string of the molecule is O=c1cc(C2=CCCC=C2)c2c(O)cc(O)cc2o1. The Hall–Kier alpha value is -2.49. The van der Waals surface area contributed by atoms with Crippen LogP contribution in [0.25, 0.3) is 16.5 Å². The van der Waals surface area contributed by atoms with E-state index in [1.807, 2.05) is 18.2 Å². The summed E-state index contributed by atoms with van der Waals surface area (Å²) in [5.74, 6) is -0.243. The Balaban J connectivity index is 2.38. The molecule has 0 fully saturated rings. The van der Waals surface area contributed by atoms with E-state index in [1.54, 1.807) is 0 Å². The summed E-state index contributed by atoms with van der Waals surface area (Å²) < 4.78 is 5.03. The molecule has 1 aliphatic rings. The fraction of sp³-hybridized carbons (Fsp3) is 0.133. The van der Waals surface area contributed by atoms with E-state index >= 15 is 0 Å². The van der Waals surface area contributed by atoms with Gasteiger partial charge in [-0.3, -0.25) is 0 Å². The van der Waals surface area contributed by atoms with E-state index in [-0.39, 0.29) is 17.1 Å². The number of allylic oxidation sites excluding steroid dienone is 4. The summed E-state index contributed by atoms with van der Waals surface area (Å²) in [6.45, 7) is 0. The lowest BCUT2D eigenvalue weighted by molar-refractivity contribution is 0.451. The molecule has 19 heavy (non-hydrogen) atoms. The van der Waals surface area contributed by atoms with Gasteiger partial charge in [0.25, 0.3) is 0 Å². The van der Waals surface area contributed by atoms with E-state index < -0.39 is 5.63 Å². The first-order valence-corrected chi connectivity index (χ1v) is 6.02. The van der Waals surface area contributed by atoms with Crippen LogP contribution in [0.5, 0.6) is 11.5 Å². The van der Waals surface area contributed by atoms with Gasteiger partial charge in [0.15, 0.2) is 0 Å². The number of rotatable bonds is 1. The van der Waals surface area contributed by atoms with Crippen LogP contribution in [-0.4, -0.2) is 10.2 Å². The molecule has 4 nitrogen and oxygen atoms in total. The molecule has 1 aliphatic carbocycles. The van der Waals surface area contributed by atoms with Crippen molar-refractivity contribution in [2.45, 2.75) is 12.8 Å². The van der Waals surface area contributed by atoms with Crippen molar-refractivity contribution in [1.29, 1.82) is 0 Å². The number of fused-ring (bicyclic) bond motifs is 1. The highest BCUT2D eigenvalue weighted by molar-refractivity contribution is 5.97. The predicted molar refractivity (Wildman–Crippen MR) is 72.2 cm³/mol. The molecule has 2 aromatic rings. The summed E-state index contributed by atoms with van der Waals surface area (Å²) in [6.07, 6.45) is 7.82. The number of phenols is 2. The molecule has 1 aromatic carbocycles. The van der Waals surface area contributed by atoms with E-state index in [0.717, 1.165) is 18.4 Å². The van der Waals surface area contributed by atoms with Crippen molar-refractivity contribution in [3.8, 4) is 11.5 Å². The molecule has 0 radical (unpaired) electrons. The maximum atomic E-state index is 11.6. The van der Waals surface area contributed by atoms with Gasteiger partial charge in [-0.1, -0.05) is 18.2 Å². The van der Waals surface area contributed by atoms with Gasteiger partial charge in [0.1, 0.15) is 17.1 Å². The summed E-state index contributed by atoms with van der Waals surface area (Å²) in [7, 11) is 0. The fourth-order valence-electron chi connectivity index (χ4n) is 2.31. The topological polar surface area (TPSA) is 70.7 Å². The second-order valence-corrected chi connectivity index (χ2v) is 4.46. The third kappa shape index (κ3) is 2.01. The average molecular weight is 256 g/mol. The van der Waals surface area contributed by atoms with Crippen LogP contribution in [-0.2, 0) is 0 Å². The zero-order valence-electron chi connectivity index (χ0n) is 10.1. The second kappa shape index (κ2) is 4.31. The highest BCUT2D eigenvalue weighted by Gasteiger charge is 2.14. The maximum Gasteiger partial charge on any atom is 0.336 e. The molecule has 0 spiro atoms. The Kier molecular flexibility index (Phi) is 2.63. The van der Waals surface area contributed by atoms with Crippen LogP contribution >= 0.6 is 0 Å². The van der Waals surface area contributed by atoms with Crippen molar-refractivity contribution in [2.75, 3.05) is 0 Å². The Morgan fingerprint density at radius 3 is 2.68 bits per heavy atom. The molecule has 0 saturated carbocycles. The summed E-state index contributed by atoms with van der Waals surface area (Å²) in [5.41, 5.74) is 1.18. The first kappa shape index (κ1) is 11.6. The second-order valence-electron chi connectivity index (χ2n) is 4.46. The molecule has 0 atom stereocenters. The fourth-order valence-corrected chi connectivity index (χ4v) is 2.31. The minimum absolute atomic E-state index is 0.103. The van der Waals surface area contributed by atoms with Crippen molar-refractivity contribution < 1.29 is 14.6 Å². The molecular formula is C15H12O4. The molecular weight excluding hydrogens is 244 g/mol. The van der Waals surface area contributed by atoms with Crippen molar-refractivity contribution in [3.63, 3.8) is 0 Å². The Labute approximate surface area is 108 Å². The van der Waals surface area contributed by atoms with Crippen LogP contribution in [0.15, 0.2) is 45.6 Å². The number of benzene rings is 1. The average Bonchev–Trinajstić information content (AvgIpc) is 2.38. The molecule has 3 rings (SSSR count). The number of hydrogen-bond acceptors (Lipinski definition) is 4. The number of hydrogen-bond donors (Lipinski definition) is 2. The normalized spacial score (nSPS) is 14.6. The first-order chi connectivity index (χ1) is 9.15. The van der Waals surface area contributed by atoms with Crippen LogP contribution in [0, 0.1) is 0 Å². The highest BCUT2D eigenvalue weighted by Crippen LogP contribution is 2.35. The standard InChI is InChI=1S/C15H12O4/c16-10-6-12(17)15-11(9-4-2-1-3-5-9)8-14(18)19-13(15)7-10/h2,4-8,16-17H,1,3H2. The zero-order valence-corrected chi connectivity index (χ0v) is 10.1. The van der Waals surface area contributed by atoms with Crippen LogP contribution in [0.2, 0.25) is 0 Å². The molecule has 1 heterocycles. The van der Waals surface area contributed by atoms with Crippen molar-refractivity contribution in [3.05, 3.63) is 52.4 Å². The first-order valence-electron chi connectivity index (χ1n) is 6.02. The Bertz CT molecular complexity index is 766. The lowest BCUT2D eigenvalue weighted by atomic mass is 9.96. The van der Waals surface area contributed by atoms with Gasteiger partial charge in [0.05, 0.1) is 5.39 Å². The minimum atomic E-state index is -0.507. The predicted octanol–water partition coefficient (Wildman–Crippen LogP) is 2.94. The molecule has 0 amide bonds. The van der Waals surface area contributed by atoms with Gasteiger partial charge in [-0.2, -0.15) is 0 Å². The van der Waals surface area contributed by atoms with Gasteiger partial charge in [0, 0.05) is 23.8 Å². The summed E-state index contributed by atoms with van der Waals surface area (Å²) >= 11 is 0. The van der Waals surface area contributed by atoms with Crippen molar-refractivity contribution in [2.24, 2.45) is 0 Å². The van der Waals surface area contributed by atoms with Crippen LogP contribution < -0.4 is 5.63 Å². The van der Waals surface area contributed by atoms with E-state index in [0.29, 0.717) is 10.9 Å². The molecule has 0 saturated heterocycles. The van der Waals surface area contributed by atoms with Gasteiger partial charge in [0.2, 0.25) is 0 Å². The van der Waals surface area contributed by atoms with Crippen LogP contribution in [0.4, 0.5) is 0 Å². The van der Waals surface area contributed by atoms with Gasteiger partial charge < -0.3 is 14.6 Å². The Morgan fingerprint density at radius 2 is 1.95 bits per heavy atom. The van der Waals surface area contributed by atoms with E-state index in [9.17, 15) is 15.0 Å². The molecule has 0 bridgehead atoms. The summed E-state index contributed by atoms with van der Waals surface area (Å²) in [6, 6.07) is 3.92. The quantitative estimate of drug-likeness (QED) is 0.769. The van der Waals surface area contributed by atoms with E-state index in [1.165, 1.54) is 18.2 Å². The lowest BCUT2D eigenvalue weighted by Gasteiger charge is -2.11. The molecule has 1 aromatic heterocycles. The molecule has 0 aliphatic heterocycles. The van der Waals surface area contributed by atoms with E-state index in [2.05, 4.69) is 0 Å². The summed E-state index contributed by atoms with van der Waals surface area (Å²) in [5, 5.41) is 19.9. The third-order valence-corrected chi connectivity index (χ3v) is 3.11. The van der Waals surface area contributed by atoms with Crippen LogP contribution in [0.3, 0.4) is 0 Å². The summed E-state index contributed by atoms with van der Waals surface area (Å²) in [4.78, 5) is 11.6. The van der Waals surface area contributed by atoms with Gasteiger partial charge in [-0.05, 0) is 18.4 Å². The largest absolute Gasteiger partial charge is 0.508 e. The number of phenolic OH excluding ortho intramolecular Hbond substituents is 2. The third-order valence-electron chi connectivity index (χ3n) is 3.11. The van der Waals surface area contributed by atoms with Gasteiger partial charge >= 0.3 is 5.63 Å². The molecule has 0 unspecified atom stereocenters. The van der Waals surface area contributed by atoms with Gasteiger partial charge in [-0.25, -0.2) is 4.79 Å². The lowest BCUT2D eigenvalue weighted by Crippen LogP contribution is -2.00. The Morgan fingerprint density at radius 1 is 1.11 bits per heavy atom. The van der Waals surface area contributed by atoms with Crippen molar-refractivity contribution in [1.82, 2.24) is 0 Å². The minimum Gasteiger partial charge on any atom is -0.508 e. The number of aromatic hydroxyl groups is 2.